The molecule has 0 radical (unpaired) electrons. The van der Waals surface area contributed by atoms with Crippen LogP contribution in [0.3, 0.4) is 0 Å². The third kappa shape index (κ3) is 6.51. The molecule has 4 nitrogen and oxygen atoms in total. The van der Waals surface area contributed by atoms with Crippen LogP contribution in [0.2, 0.25) is 0 Å². The molecule has 3 rings (SSSR count). The number of Topliss-reactive ketones (excluding diaryl/α,β-unsaturated/α-hetero) is 1. The molecule has 1 aliphatic heterocycles. The van der Waals surface area contributed by atoms with Crippen LogP contribution in [0.25, 0.3) is 0 Å². The molecule has 0 bridgehead atoms. The number of nitrogens with zero attached hydrogens (tertiary/aromatic N) is 1. The Morgan fingerprint density at radius 2 is 1.75 bits per heavy atom. The molecule has 0 fully saturated rings. The van der Waals surface area contributed by atoms with Crippen LogP contribution < -0.4 is 9.47 Å². The third-order valence-electron chi connectivity index (χ3n) is 5.86. The molecule has 0 aromatic heterocycles. The van der Waals surface area contributed by atoms with Crippen LogP contribution in [0.5, 0.6) is 11.5 Å². The minimum Gasteiger partial charge on any atom is -0.490 e. The van der Waals surface area contributed by atoms with Crippen LogP contribution >= 0.6 is 57.6 Å². The number of ether oxygens (including phenoxy) is 2. The van der Waals surface area contributed by atoms with Crippen LogP contribution in [0.1, 0.15) is 61.9 Å². The second-order valence-electron chi connectivity index (χ2n) is 7.82. The van der Waals surface area contributed by atoms with E-state index in [2.05, 4.69) is 70.9 Å². The molecule has 0 saturated heterocycles. The first-order valence-electron chi connectivity index (χ1n) is 11.1. The molecule has 0 amide bonds. The Hall–Kier alpha value is -0.580. The lowest BCUT2D eigenvalue weighted by Gasteiger charge is -2.20. The van der Waals surface area contributed by atoms with Crippen molar-refractivity contribution >= 4 is 63.4 Å². The minimum absolute atomic E-state index is 0. The van der Waals surface area contributed by atoms with Gasteiger partial charge in [-0.3, -0.25) is 4.79 Å². The molecule has 176 valence electrons. The Balaban J connectivity index is 0.00000363. The number of carbonyl (C=O) groups is 1. The fraction of sp³-hybridized carbons (Fsp3) is 0.480. The Kier molecular flexibility index (Phi) is 11.5. The first kappa shape index (κ1) is 27.7. The van der Waals surface area contributed by atoms with Gasteiger partial charge in [-0.1, -0.05) is 51.8 Å². The van der Waals surface area contributed by atoms with Gasteiger partial charge >= 0.3 is 0 Å². The number of ketones is 1. The summed E-state index contributed by atoms with van der Waals surface area (Å²) in [4.78, 5) is 16.0. The van der Waals surface area contributed by atoms with Crippen molar-refractivity contribution in [2.24, 2.45) is 0 Å². The zero-order valence-electron chi connectivity index (χ0n) is 18.9. The Morgan fingerprint density at radius 3 is 2.38 bits per heavy atom. The summed E-state index contributed by atoms with van der Waals surface area (Å²) in [5.74, 6) is 1.61. The van der Waals surface area contributed by atoms with Gasteiger partial charge in [0.1, 0.15) is 24.2 Å². The Bertz CT molecular complexity index is 882. The van der Waals surface area contributed by atoms with Gasteiger partial charge in [0.2, 0.25) is 0 Å². The Labute approximate surface area is 225 Å². The van der Waals surface area contributed by atoms with Crippen molar-refractivity contribution in [1.82, 2.24) is 4.90 Å². The smallest absolute Gasteiger partial charge is 0.174 e. The number of fused-ring (bicyclic) bond motifs is 1. The van der Waals surface area contributed by atoms with Crippen LogP contribution in [0.15, 0.2) is 36.4 Å². The maximum absolute atomic E-state index is 13.6. The number of halogens is 3. The van der Waals surface area contributed by atoms with Gasteiger partial charge in [0, 0.05) is 17.7 Å². The summed E-state index contributed by atoms with van der Waals surface area (Å²) in [6, 6.07) is 11.9. The quantitative estimate of drug-likeness (QED) is 0.190. The maximum atomic E-state index is 13.6. The van der Waals surface area contributed by atoms with E-state index in [0.29, 0.717) is 6.61 Å². The summed E-state index contributed by atoms with van der Waals surface area (Å²) in [7, 11) is 0. The molecule has 1 aliphatic rings. The largest absolute Gasteiger partial charge is 0.490 e. The highest BCUT2D eigenvalue weighted by Gasteiger charge is 2.39. The molecule has 7 heteroatoms. The first-order chi connectivity index (χ1) is 15.0. The van der Waals surface area contributed by atoms with E-state index in [0.717, 1.165) is 68.7 Å². The van der Waals surface area contributed by atoms with E-state index >= 15 is 0 Å². The van der Waals surface area contributed by atoms with Crippen molar-refractivity contribution in [3.8, 4) is 11.5 Å². The van der Waals surface area contributed by atoms with Gasteiger partial charge < -0.3 is 14.4 Å². The zero-order chi connectivity index (χ0) is 22.4. The van der Waals surface area contributed by atoms with Crippen LogP contribution in [-0.2, 0) is 0 Å². The van der Waals surface area contributed by atoms with Crippen molar-refractivity contribution in [2.75, 3.05) is 26.2 Å². The van der Waals surface area contributed by atoms with Crippen LogP contribution in [0, 0.1) is 7.14 Å². The maximum Gasteiger partial charge on any atom is 0.174 e. The van der Waals surface area contributed by atoms with Gasteiger partial charge in [-0.25, -0.2) is 0 Å². The highest BCUT2D eigenvalue weighted by atomic mass is 127. The van der Waals surface area contributed by atoms with Gasteiger partial charge in [-0.05, 0) is 82.9 Å². The molecule has 2 atom stereocenters. The molecule has 2 unspecified atom stereocenters. The van der Waals surface area contributed by atoms with Crippen molar-refractivity contribution in [3.05, 3.63) is 54.7 Å². The third-order valence-corrected chi connectivity index (χ3v) is 7.46. The molecule has 2 aromatic carbocycles. The van der Waals surface area contributed by atoms with Gasteiger partial charge in [0.05, 0.1) is 13.1 Å². The number of hydrogen-bond donors (Lipinski definition) is 0. The summed E-state index contributed by atoms with van der Waals surface area (Å²) in [6.45, 7) is 10.1. The van der Waals surface area contributed by atoms with Crippen molar-refractivity contribution in [3.63, 3.8) is 0 Å². The predicted octanol–water partition coefficient (Wildman–Crippen LogP) is 6.96. The molecular formula is C25H32ClI2NO3. The van der Waals surface area contributed by atoms with E-state index < -0.39 is 0 Å². The fourth-order valence-corrected chi connectivity index (χ4v) is 6.13. The van der Waals surface area contributed by atoms with Gasteiger partial charge in [-0.2, -0.15) is 0 Å². The zero-order valence-corrected chi connectivity index (χ0v) is 24.0. The molecule has 2 aromatic rings. The summed E-state index contributed by atoms with van der Waals surface area (Å²) >= 11 is 4.57. The lowest BCUT2D eigenvalue weighted by molar-refractivity contribution is 0.0886. The SMILES string of the molecule is CCCCC1Oc2ccccc2C1C(=O)c1cc(I)c(OCCN(CC)CC)c(I)c1.Cl. The van der Waals surface area contributed by atoms with E-state index in [9.17, 15) is 4.79 Å². The second kappa shape index (κ2) is 13.3. The molecule has 32 heavy (non-hydrogen) atoms. The van der Waals surface area contributed by atoms with E-state index in [4.69, 9.17) is 9.47 Å². The monoisotopic (exact) mass is 683 g/mol. The van der Waals surface area contributed by atoms with E-state index in [1.807, 2.05) is 36.4 Å². The summed E-state index contributed by atoms with van der Waals surface area (Å²) in [5.41, 5.74) is 1.75. The predicted molar refractivity (Wildman–Crippen MR) is 150 cm³/mol. The summed E-state index contributed by atoms with van der Waals surface area (Å²) in [6.07, 6.45) is 2.94. The first-order valence-corrected chi connectivity index (χ1v) is 13.3. The number of carbonyl (C=O) groups excluding carboxylic acids is 1. The average Bonchev–Trinajstić information content (AvgIpc) is 3.14. The molecule has 1 heterocycles. The molecule has 0 saturated carbocycles. The van der Waals surface area contributed by atoms with Gasteiger partial charge in [0.25, 0.3) is 0 Å². The minimum atomic E-state index is -0.246. The molecular weight excluding hydrogens is 652 g/mol. The topological polar surface area (TPSA) is 38.8 Å². The van der Waals surface area contributed by atoms with E-state index in [1.54, 1.807) is 0 Å². The van der Waals surface area contributed by atoms with Crippen molar-refractivity contribution in [2.45, 2.75) is 52.1 Å². The van der Waals surface area contributed by atoms with Crippen LogP contribution in [-0.4, -0.2) is 43.0 Å². The average molecular weight is 684 g/mol. The number of benzene rings is 2. The van der Waals surface area contributed by atoms with Crippen LogP contribution in [0.4, 0.5) is 0 Å². The summed E-state index contributed by atoms with van der Waals surface area (Å²) < 4.78 is 14.2. The van der Waals surface area contributed by atoms with Gasteiger partial charge in [-0.15, -0.1) is 12.4 Å². The highest BCUT2D eigenvalue weighted by molar-refractivity contribution is 14.1. The van der Waals surface area contributed by atoms with Gasteiger partial charge in [0.15, 0.2) is 5.78 Å². The fourth-order valence-electron chi connectivity index (χ4n) is 4.05. The number of para-hydroxylation sites is 1. The number of hydrogen-bond acceptors (Lipinski definition) is 4. The molecule has 0 aliphatic carbocycles. The van der Waals surface area contributed by atoms with Crippen molar-refractivity contribution < 1.29 is 14.3 Å². The highest BCUT2D eigenvalue weighted by Crippen LogP contribution is 2.42. The second-order valence-corrected chi connectivity index (χ2v) is 10.1. The molecule has 0 spiro atoms. The Morgan fingerprint density at radius 1 is 1.09 bits per heavy atom. The van der Waals surface area contributed by atoms with E-state index in [-0.39, 0.29) is 30.2 Å². The number of unbranched alkanes of at least 4 members (excludes halogenated alkanes) is 1. The van der Waals surface area contributed by atoms with Crippen molar-refractivity contribution in [1.29, 1.82) is 0 Å². The summed E-state index contributed by atoms with van der Waals surface area (Å²) in [5, 5.41) is 0. The van der Waals surface area contributed by atoms with E-state index in [1.165, 1.54) is 0 Å². The normalized spacial score (nSPS) is 16.9. The number of rotatable bonds is 11. The number of likely N-dealkylation sites (N-methyl/N-ethyl adjacent to an activating group) is 1. The lowest BCUT2D eigenvalue weighted by atomic mass is 9.86. The standard InChI is InChI=1S/C25H31I2NO3.ClH/c1-4-7-11-22-23(18-10-8-9-12-21(18)31-22)24(29)17-15-19(26)25(20(27)16-17)30-14-13-28(5-2)6-3;/h8-10,12,15-16,22-23H,4-7,11,13-14H2,1-3H3;1H. The lowest BCUT2D eigenvalue weighted by Crippen LogP contribution is -2.28. The molecule has 0 N–H and O–H groups in total.